The molecular weight excluding hydrogens is 306 g/mol. The topological polar surface area (TPSA) is 61.7 Å². The van der Waals surface area contributed by atoms with E-state index >= 15 is 0 Å². The van der Waals surface area contributed by atoms with Crippen molar-refractivity contribution >= 4 is 27.0 Å². The Bertz CT molecular complexity index is 695. The number of hydrogen-bond acceptors (Lipinski definition) is 3. The summed E-state index contributed by atoms with van der Waals surface area (Å²) in [5.41, 5.74) is 9.35. The monoisotopic (exact) mass is 319 g/mol. The molecule has 1 atom stereocenters. The molecule has 0 saturated carbocycles. The number of benzene rings is 1. The number of para-hydroxylation sites is 2. The smallest absolute Gasteiger partial charge is 0.0958 e. The van der Waals surface area contributed by atoms with Crippen molar-refractivity contribution in [1.82, 2.24) is 19.3 Å². The Kier molecular flexibility index (Phi) is 3.12. The number of rotatable bonds is 3. The molecule has 3 aromatic rings. The number of halogens is 1. The summed E-state index contributed by atoms with van der Waals surface area (Å²) in [6.45, 7) is 0.665. The Morgan fingerprint density at radius 3 is 2.89 bits per heavy atom. The highest BCUT2D eigenvalue weighted by Crippen LogP contribution is 2.23. The normalized spacial score (nSPS) is 13.0. The summed E-state index contributed by atoms with van der Waals surface area (Å²) in [5.74, 6) is 0. The Hall–Kier alpha value is -1.66. The molecule has 0 fully saturated rings. The number of nitrogens with two attached hydrogens (primary N) is 1. The second kappa shape index (κ2) is 4.79. The molecule has 98 valence electrons. The average molecular weight is 320 g/mol. The highest BCUT2D eigenvalue weighted by atomic mass is 79.9. The van der Waals surface area contributed by atoms with Crippen molar-refractivity contribution in [2.75, 3.05) is 0 Å². The van der Waals surface area contributed by atoms with Crippen molar-refractivity contribution in [3.63, 3.8) is 0 Å². The molecule has 3 rings (SSSR count). The summed E-state index contributed by atoms with van der Waals surface area (Å²) >= 11 is 3.48. The van der Waals surface area contributed by atoms with Gasteiger partial charge in [0.25, 0.3) is 0 Å². The van der Waals surface area contributed by atoms with Gasteiger partial charge in [0.1, 0.15) is 0 Å². The summed E-state index contributed by atoms with van der Waals surface area (Å²) in [4.78, 5) is 4.37. The first-order valence-electron chi connectivity index (χ1n) is 5.99. The van der Waals surface area contributed by atoms with Gasteiger partial charge in [0.2, 0.25) is 0 Å². The minimum absolute atomic E-state index is 0.139. The maximum atomic E-state index is 6.28. The van der Waals surface area contributed by atoms with E-state index in [1.54, 1.807) is 10.9 Å². The van der Waals surface area contributed by atoms with Crippen molar-refractivity contribution in [2.45, 2.75) is 12.6 Å². The van der Waals surface area contributed by atoms with Crippen LogP contribution in [0, 0.1) is 0 Å². The summed E-state index contributed by atoms with van der Waals surface area (Å²) in [6.07, 6.45) is 3.59. The predicted octanol–water partition coefficient (Wildman–Crippen LogP) is 2.23. The minimum Gasteiger partial charge on any atom is -0.329 e. The van der Waals surface area contributed by atoms with Crippen molar-refractivity contribution in [2.24, 2.45) is 12.8 Å². The lowest BCUT2D eigenvalue weighted by atomic mass is 10.2. The number of nitrogens with zero attached hydrogens (tertiary/aromatic N) is 4. The zero-order valence-electron chi connectivity index (χ0n) is 10.5. The number of fused-ring (bicyclic) bond motifs is 1. The molecule has 2 heterocycles. The summed E-state index contributed by atoms with van der Waals surface area (Å²) in [5, 5.41) is 4.19. The first kappa shape index (κ1) is 12.4. The van der Waals surface area contributed by atoms with Gasteiger partial charge in [-0.3, -0.25) is 4.68 Å². The van der Waals surface area contributed by atoms with E-state index < -0.39 is 0 Å². The zero-order chi connectivity index (χ0) is 13.4. The number of imidazole rings is 1. The molecule has 1 aromatic carbocycles. The third kappa shape index (κ3) is 2.17. The van der Waals surface area contributed by atoms with Crippen LogP contribution in [0.15, 0.2) is 41.3 Å². The third-order valence-corrected chi connectivity index (χ3v) is 3.82. The third-order valence-electron chi connectivity index (χ3n) is 3.21. The molecule has 0 radical (unpaired) electrons. The maximum Gasteiger partial charge on any atom is 0.0958 e. The second-order valence-electron chi connectivity index (χ2n) is 4.49. The van der Waals surface area contributed by atoms with Crippen LogP contribution in [0.2, 0.25) is 0 Å². The number of aryl methyl sites for hydroxylation is 1. The Balaban J connectivity index is 1.93. The molecule has 2 aromatic heterocycles. The highest BCUT2D eigenvalue weighted by Gasteiger charge is 2.16. The predicted molar refractivity (Wildman–Crippen MR) is 77.6 cm³/mol. The summed E-state index contributed by atoms with van der Waals surface area (Å²) in [6, 6.07) is 7.90. The largest absolute Gasteiger partial charge is 0.329 e. The van der Waals surface area contributed by atoms with E-state index in [1.807, 2.05) is 37.6 Å². The molecule has 0 aliphatic carbocycles. The molecule has 6 heteroatoms. The van der Waals surface area contributed by atoms with Crippen LogP contribution in [-0.2, 0) is 13.6 Å². The standard InChI is InChI=1S/C13H14BrN5/c1-18-13(9(14)6-17-18)10(15)7-19-8-16-11-4-2-3-5-12(11)19/h2-6,8,10H,7,15H2,1H3. The molecule has 0 aliphatic rings. The molecule has 0 amide bonds. The van der Waals surface area contributed by atoms with E-state index in [9.17, 15) is 0 Å². The van der Waals surface area contributed by atoms with Crippen LogP contribution >= 0.6 is 15.9 Å². The van der Waals surface area contributed by atoms with Gasteiger partial charge >= 0.3 is 0 Å². The maximum absolute atomic E-state index is 6.28. The van der Waals surface area contributed by atoms with Gasteiger partial charge in [-0.2, -0.15) is 5.10 Å². The SMILES string of the molecule is Cn1ncc(Br)c1C(N)Cn1cnc2ccccc21. The molecule has 0 aliphatic heterocycles. The first-order valence-corrected chi connectivity index (χ1v) is 6.79. The van der Waals surface area contributed by atoms with Gasteiger partial charge < -0.3 is 10.3 Å². The highest BCUT2D eigenvalue weighted by molar-refractivity contribution is 9.10. The van der Waals surface area contributed by atoms with E-state index in [-0.39, 0.29) is 6.04 Å². The van der Waals surface area contributed by atoms with Crippen LogP contribution in [-0.4, -0.2) is 19.3 Å². The van der Waals surface area contributed by atoms with Crippen LogP contribution in [0.5, 0.6) is 0 Å². The Labute approximate surface area is 119 Å². The fourth-order valence-corrected chi connectivity index (χ4v) is 2.93. The molecule has 5 nitrogen and oxygen atoms in total. The van der Waals surface area contributed by atoms with Crippen LogP contribution in [0.4, 0.5) is 0 Å². The van der Waals surface area contributed by atoms with E-state index in [4.69, 9.17) is 5.73 Å². The van der Waals surface area contributed by atoms with Gasteiger partial charge in [-0.15, -0.1) is 0 Å². The quantitative estimate of drug-likeness (QED) is 0.805. The molecule has 19 heavy (non-hydrogen) atoms. The molecule has 0 bridgehead atoms. The van der Waals surface area contributed by atoms with Gasteiger partial charge in [-0.25, -0.2) is 4.98 Å². The summed E-state index contributed by atoms with van der Waals surface area (Å²) in [7, 11) is 1.89. The van der Waals surface area contributed by atoms with Crippen molar-refractivity contribution in [3.05, 3.63) is 47.0 Å². The van der Waals surface area contributed by atoms with Crippen molar-refractivity contribution in [1.29, 1.82) is 0 Å². The van der Waals surface area contributed by atoms with E-state index in [0.29, 0.717) is 6.54 Å². The van der Waals surface area contributed by atoms with Gasteiger partial charge in [-0.05, 0) is 28.1 Å². The fraction of sp³-hybridized carbons (Fsp3) is 0.231. The number of hydrogen-bond donors (Lipinski definition) is 1. The van der Waals surface area contributed by atoms with E-state index in [2.05, 4.69) is 30.6 Å². The fourth-order valence-electron chi connectivity index (χ4n) is 2.29. The lowest BCUT2D eigenvalue weighted by Crippen LogP contribution is -2.20. The van der Waals surface area contributed by atoms with Crippen LogP contribution in [0.25, 0.3) is 11.0 Å². The van der Waals surface area contributed by atoms with Crippen LogP contribution in [0.3, 0.4) is 0 Å². The van der Waals surface area contributed by atoms with Crippen molar-refractivity contribution < 1.29 is 0 Å². The second-order valence-corrected chi connectivity index (χ2v) is 5.35. The van der Waals surface area contributed by atoms with E-state index in [1.165, 1.54) is 0 Å². The Morgan fingerprint density at radius 2 is 2.16 bits per heavy atom. The molecule has 0 saturated heterocycles. The van der Waals surface area contributed by atoms with Gasteiger partial charge in [-0.1, -0.05) is 12.1 Å². The van der Waals surface area contributed by atoms with Crippen LogP contribution < -0.4 is 5.73 Å². The zero-order valence-corrected chi connectivity index (χ0v) is 12.1. The summed E-state index contributed by atoms with van der Waals surface area (Å²) < 4.78 is 4.81. The minimum atomic E-state index is -0.139. The van der Waals surface area contributed by atoms with Gasteiger partial charge in [0.05, 0.1) is 39.8 Å². The van der Waals surface area contributed by atoms with Gasteiger partial charge in [0, 0.05) is 13.6 Å². The van der Waals surface area contributed by atoms with Crippen LogP contribution in [0.1, 0.15) is 11.7 Å². The Morgan fingerprint density at radius 1 is 1.37 bits per heavy atom. The molecular formula is C13H14BrN5. The molecule has 1 unspecified atom stereocenters. The lowest BCUT2D eigenvalue weighted by Gasteiger charge is -2.14. The molecule has 0 spiro atoms. The lowest BCUT2D eigenvalue weighted by molar-refractivity contribution is 0.540. The number of aromatic nitrogens is 4. The van der Waals surface area contributed by atoms with Crippen molar-refractivity contribution in [3.8, 4) is 0 Å². The van der Waals surface area contributed by atoms with Gasteiger partial charge in [0.15, 0.2) is 0 Å². The average Bonchev–Trinajstić information content (AvgIpc) is 2.94. The first-order chi connectivity index (χ1) is 9.16. The van der Waals surface area contributed by atoms with E-state index in [0.717, 1.165) is 21.2 Å². The molecule has 2 N–H and O–H groups in total.